The maximum Gasteiger partial charge on any atom is 0.209 e. The lowest BCUT2D eigenvalue weighted by molar-refractivity contribution is 0.242. The van der Waals surface area contributed by atoms with E-state index in [4.69, 9.17) is 9.88 Å². The van der Waals surface area contributed by atoms with Gasteiger partial charge in [-0.05, 0) is 44.5 Å². The van der Waals surface area contributed by atoms with Crippen LogP contribution < -0.4 is 15.2 Å². The zero-order chi connectivity index (χ0) is 14.3. The van der Waals surface area contributed by atoms with Gasteiger partial charge in [-0.1, -0.05) is 12.1 Å². The van der Waals surface area contributed by atoms with Crippen LogP contribution in [-0.4, -0.2) is 26.8 Å². The van der Waals surface area contributed by atoms with E-state index in [9.17, 15) is 8.42 Å². The van der Waals surface area contributed by atoms with Crippen molar-refractivity contribution in [1.29, 1.82) is 0 Å². The largest absolute Gasteiger partial charge is 0.491 e. The van der Waals surface area contributed by atoms with Crippen molar-refractivity contribution in [2.75, 3.05) is 12.3 Å². The first kappa shape index (κ1) is 15.9. The number of benzene rings is 1. The minimum atomic E-state index is -3.35. The Labute approximate surface area is 115 Å². The van der Waals surface area contributed by atoms with E-state index in [0.29, 0.717) is 19.5 Å². The summed E-state index contributed by atoms with van der Waals surface area (Å²) in [5.41, 5.74) is 1.11. The van der Waals surface area contributed by atoms with Crippen molar-refractivity contribution in [3.05, 3.63) is 29.8 Å². The third-order valence-electron chi connectivity index (χ3n) is 2.38. The van der Waals surface area contributed by atoms with Gasteiger partial charge in [-0.25, -0.2) is 13.6 Å². The van der Waals surface area contributed by atoms with Crippen molar-refractivity contribution in [2.45, 2.75) is 32.9 Å². The van der Waals surface area contributed by atoms with Crippen LogP contribution in [0.3, 0.4) is 0 Å². The molecule has 3 N–H and O–H groups in total. The van der Waals surface area contributed by atoms with Crippen LogP contribution in [0.2, 0.25) is 0 Å². The highest BCUT2D eigenvalue weighted by Gasteiger charge is 2.02. The second-order valence-corrected chi connectivity index (χ2v) is 6.45. The van der Waals surface area contributed by atoms with Crippen molar-refractivity contribution < 1.29 is 13.2 Å². The lowest BCUT2D eigenvalue weighted by Gasteiger charge is -2.11. The molecule has 0 aliphatic carbocycles. The van der Waals surface area contributed by atoms with Crippen LogP contribution in [0.5, 0.6) is 5.75 Å². The van der Waals surface area contributed by atoms with Crippen molar-refractivity contribution in [2.24, 2.45) is 5.14 Å². The summed E-state index contributed by atoms with van der Waals surface area (Å²) < 4.78 is 27.1. The zero-order valence-electron chi connectivity index (χ0n) is 11.4. The number of nitrogens with one attached hydrogen (secondary N) is 1. The third kappa shape index (κ3) is 7.81. The van der Waals surface area contributed by atoms with Crippen LogP contribution in [0.25, 0.3) is 0 Å². The fourth-order valence-electron chi connectivity index (χ4n) is 1.63. The SMILES string of the molecule is CC(C)Oc1cccc(CNCCCS(N)(=O)=O)c1. The van der Waals surface area contributed by atoms with Crippen molar-refractivity contribution in [3.8, 4) is 5.75 Å². The number of primary sulfonamides is 1. The van der Waals surface area contributed by atoms with Gasteiger partial charge in [0.25, 0.3) is 0 Å². The molecule has 0 bridgehead atoms. The standard InChI is InChI=1S/C13H22N2O3S/c1-11(2)18-13-6-3-5-12(9-13)10-15-7-4-8-19(14,16)17/h3,5-6,9,11,15H,4,7-8,10H2,1-2H3,(H2,14,16,17). The zero-order valence-corrected chi connectivity index (χ0v) is 12.2. The molecule has 0 amide bonds. The Hall–Kier alpha value is -1.11. The molecule has 1 aromatic rings. The summed E-state index contributed by atoms with van der Waals surface area (Å²) in [6.07, 6.45) is 0.666. The molecule has 0 radical (unpaired) electrons. The third-order valence-corrected chi connectivity index (χ3v) is 3.24. The summed E-state index contributed by atoms with van der Waals surface area (Å²) >= 11 is 0. The number of hydrogen-bond acceptors (Lipinski definition) is 4. The topological polar surface area (TPSA) is 81.4 Å². The summed E-state index contributed by atoms with van der Waals surface area (Å²) in [6, 6.07) is 7.84. The van der Waals surface area contributed by atoms with Gasteiger partial charge in [-0.15, -0.1) is 0 Å². The molecule has 0 aliphatic rings. The van der Waals surface area contributed by atoms with E-state index >= 15 is 0 Å². The van der Waals surface area contributed by atoms with Gasteiger partial charge in [0.15, 0.2) is 0 Å². The minimum Gasteiger partial charge on any atom is -0.491 e. The van der Waals surface area contributed by atoms with Crippen LogP contribution in [-0.2, 0) is 16.6 Å². The molecule has 0 fully saturated rings. The number of sulfonamides is 1. The summed E-state index contributed by atoms with van der Waals surface area (Å²) in [4.78, 5) is 0. The average Bonchev–Trinajstić information content (AvgIpc) is 2.26. The molecule has 6 heteroatoms. The molecular formula is C13H22N2O3S. The number of nitrogens with two attached hydrogens (primary N) is 1. The maximum atomic E-state index is 10.7. The lowest BCUT2D eigenvalue weighted by Crippen LogP contribution is -2.22. The van der Waals surface area contributed by atoms with E-state index in [1.165, 1.54) is 0 Å². The predicted octanol–water partition coefficient (Wildman–Crippen LogP) is 1.24. The fraction of sp³-hybridized carbons (Fsp3) is 0.538. The highest BCUT2D eigenvalue weighted by atomic mass is 32.2. The molecule has 5 nitrogen and oxygen atoms in total. The molecule has 108 valence electrons. The van der Waals surface area contributed by atoms with E-state index in [1.807, 2.05) is 38.1 Å². The van der Waals surface area contributed by atoms with Gasteiger partial charge in [-0.3, -0.25) is 0 Å². The Bertz CT molecular complexity index is 486. The van der Waals surface area contributed by atoms with E-state index in [2.05, 4.69) is 5.32 Å². The van der Waals surface area contributed by atoms with Gasteiger partial charge < -0.3 is 10.1 Å². The van der Waals surface area contributed by atoms with Gasteiger partial charge >= 0.3 is 0 Å². The Balaban J connectivity index is 2.33. The van der Waals surface area contributed by atoms with Crippen LogP contribution in [0.15, 0.2) is 24.3 Å². The number of hydrogen-bond donors (Lipinski definition) is 2. The molecule has 0 aliphatic heterocycles. The molecule has 19 heavy (non-hydrogen) atoms. The summed E-state index contributed by atoms with van der Waals surface area (Å²) in [6.45, 7) is 5.27. The monoisotopic (exact) mass is 286 g/mol. The quantitative estimate of drug-likeness (QED) is 0.705. The van der Waals surface area contributed by atoms with Crippen molar-refractivity contribution in [3.63, 3.8) is 0 Å². The van der Waals surface area contributed by atoms with Crippen LogP contribution in [0.4, 0.5) is 0 Å². The highest BCUT2D eigenvalue weighted by molar-refractivity contribution is 7.89. The molecule has 0 spiro atoms. The first-order valence-corrected chi connectivity index (χ1v) is 8.05. The summed E-state index contributed by atoms with van der Waals surface area (Å²) in [5, 5.41) is 8.10. The Morgan fingerprint density at radius 1 is 1.37 bits per heavy atom. The van der Waals surface area contributed by atoms with Gasteiger partial charge in [0.2, 0.25) is 10.0 Å². The molecule has 0 unspecified atom stereocenters. The van der Waals surface area contributed by atoms with E-state index in [-0.39, 0.29) is 11.9 Å². The van der Waals surface area contributed by atoms with Gasteiger partial charge in [-0.2, -0.15) is 0 Å². The molecular weight excluding hydrogens is 264 g/mol. The van der Waals surface area contributed by atoms with Crippen molar-refractivity contribution in [1.82, 2.24) is 5.32 Å². The summed E-state index contributed by atoms with van der Waals surface area (Å²) in [7, 11) is -3.35. The maximum absolute atomic E-state index is 10.7. The number of rotatable bonds is 8. The molecule has 0 saturated heterocycles. The minimum absolute atomic E-state index is 0.0104. The Morgan fingerprint density at radius 3 is 2.74 bits per heavy atom. The number of ether oxygens (including phenoxy) is 1. The van der Waals surface area contributed by atoms with E-state index in [0.717, 1.165) is 11.3 Å². The van der Waals surface area contributed by atoms with Crippen LogP contribution >= 0.6 is 0 Å². The average molecular weight is 286 g/mol. The summed E-state index contributed by atoms with van der Waals surface area (Å²) in [5.74, 6) is 0.857. The highest BCUT2D eigenvalue weighted by Crippen LogP contribution is 2.14. The molecule has 0 heterocycles. The van der Waals surface area contributed by atoms with Gasteiger partial charge in [0, 0.05) is 6.54 Å². The second-order valence-electron chi connectivity index (χ2n) is 4.71. The lowest BCUT2D eigenvalue weighted by atomic mass is 10.2. The molecule has 0 saturated carbocycles. The molecule has 0 aromatic heterocycles. The van der Waals surface area contributed by atoms with Gasteiger partial charge in [0.05, 0.1) is 11.9 Å². The van der Waals surface area contributed by atoms with Gasteiger partial charge in [0.1, 0.15) is 5.75 Å². The molecule has 0 atom stereocenters. The Kier molecular flexibility index (Phi) is 6.27. The smallest absolute Gasteiger partial charge is 0.209 e. The first-order valence-electron chi connectivity index (χ1n) is 6.33. The van der Waals surface area contributed by atoms with E-state index in [1.54, 1.807) is 0 Å². The fourth-order valence-corrected chi connectivity index (χ4v) is 2.18. The van der Waals surface area contributed by atoms with E-state index < -0.39 is 10.0 Å². The molecule has 1 aromatic carbocycles. The normalized spacial score (nSPS) is 11.8. The predicted molar refractivity (Wildman–Crippen MR) is 76.5 cm³/mol. The van der Waals surface area contributed by atoms with Crippen molar-refractivity contribution >= 4 is 10.0 Å². The second kappa shape index (κ2) is 7.47. The van der Waals surface area contributed by atoms with Crippen LogP contribution in [0, 0.1) is 0 Å². The Morgan fingerprint density at radius 2 is 2.11 bits per heavy atom. The molecule has 1 rings (SSSR count). The first-order chi connectivity index (χ1) is 8.87. The van der Waals surface area contributed by atoms with Crippen LogP contribution in [0.1, 0.15) is 25.8 Å².